The largest absolute Gasteiger partial charge is 0.376 e. The number of hydrogen-bond donors (Lipinski definition) is 2. The minimum Gasteiger partial charge on any atom is -0.376 e. The molecular formula is C21H30N4O2S. The number of nitrogens with zero attached hydrogens (tertiary/aromatic N) is 2. The van der Waals surface area contributed by atoms with Crippen LogP contribution in [0, 0.1) is 6.92 Å². The average Bonchev–Trinajstić information content (AvgIpc) is 3.18. The fourth-order valence-corrected chi connectivity index (χ4v) is 3.68. The third-order valence-corrected chi connectivity index (χ3v) is 5.54. The molecule has 1 atom stereocenters. The molecule has 1 aliphatic rings. The van der Waals surface area contributed by atoms with Crippen LogP contribution in [0.4, 0.5) is 0 Å². The maximum absolute atomic E-state index is 12.7. The van der Waals surface area contributed by atoms with Crippen LogP contribution in [0.15, 0.2) is 29.1 Å². The summed E-state index contributed by atoms with van der Waals surface area (Å²) in [6.07, 6.45) is 2.40. The fraction of sp³-hybridized carbons (Fsp3) is 0.524. The summed E-state index contributed by atoms with van der Waals surface area (Å²) < 4.78 is 5.67. The number of likely N-dealkylation sites (N-methyl/N-ethyl adjacent to an activating group) is 1. The predicted octanol–water partition coefficient (Wildman–Crippen LogP) is 2.25. The van der Waals surface area contributed by atoms with Crippen LogP contribution in [0.25, 0.3) is 10.9 Å². The Morgan fingerprint density at radius 1 is 1.36 bits per heavy atom. The van der Waals surface area contributed by atoms with E-state index in [9.17, 15) is 4.79 Å². The van der Waals surface area contributed by atoms with Gasteiger partial charge in [-0.1, -0.05) is 18.2 Å². The Morgan fingerprint density at radius 2 is 2.18 bits per heavy atom. The number of aromatic nitrogens is 1. The predicted molar refractivity (Wildman–Crippen MR) is 118 cm³/mol. The van der Waals surface area contributed by atoms with Crippen molar-refractivity contribution >= 4 is 28.2 Å². The van der Waals surface area contributed by atoms with Crippen LogP contribution in [-0.2, 0) is 11.3 Å². The lowest BCUT2D eigenvalue weighted by Gasteiger charge is -2.28. The van der Waals surface area contributed by atoms with E-state index < -0.39 is 0 Å². The minimum atomic E-state index is -0.0569. The normalized spacial score (nSPS) is 16.6. The number of hydrogen-bond acceptors (Lipinski definition) is 4. The molecule has 152 valence electrons. The molecule has 2 aromatic rings. The van der Waals surface area contributed by atoms with E-state index in [0.29, 0.717) is 18.2 Å². The van der Waals surface area contributed by atoms with Crippen molar-refractivity contribution < 1.29 is 4.74 Å². The van der Waals surface area contributed by atoms with Crippen molar-refractivity contribution in [2.75, 3.05) is 40.3 Å². The van der Waals surface area contributed by atoms with Gasteiger partial charge < -0.3 is 24.8 Å². The molecule has 3 rings (SSSR count). The first-order chi connectivity index (χ1) is 13.4. The third-order valence-electron chi connectivity index (χ3n) is 5.14. The summed E-state index contributed by atoms with van der Waals surface area (Å²) in [7, 11) is 4.07. The highest BCUT2D eigenvalue weighted by Gasteiger charge is 2.18. The van der Waals surface area contributed by atoms with Gasteiger partial charge in [-0.25, -0.2) is 0 Å². The molecule has 1 saturated heterocycles. The van der Waals surface area contributed by atoms with Gasteiger partial charge in [0.2, 0.25) is 0 Å². The Balaban J connectivity index is 1.76. The quantitative estimate of drug-likeness (QED) is 0.693. The number of aromatic amines is 1. The summed E-state index contributed by atoms with van der Waals surface area (Å²) in [5, 5.41) is 5.05. The molecule has 0 unspecified atom stereocenters. The Kier molecular flexibility index (Phi) is 7.04. The van der Waals surface area contributed by atoms with E-state index in [4.69, 9.17) is 17.0 Å². The minimum absolute atomic E-state index is 0.0569. The molecule has 6 nitrogen and oxygen atoms in total. The zero-order chi connectivity index (χ0) is 20.1. The Hall–Kier alpha value is -1.96. The fourth-order valence-electron chi connectivity index (χ4n) is 3.44. The SMILES string of the molecule is Cc1cccc2cc(CN(CCN(C)C)C(=S)NC[C@@H]3CCCO3)c(=O)[nH]c12. The first-order valence-electron chi connectivity index (χ1n) is 9.84. The number of rotatable bonds is 7. The van der Waals surface area contributed by atoms with Gasteiger partial charge in [0, 0.05) is 31.8 Å². The van der Waals surface area contributed by atoms with Gasteiger partial charge in [0.25, 0.3) is 5.56 Å². The van der Waals surface area contributed by atoms with Gasteiger partial charge in [0.15, 0.2) is 5.11 Å². The second-order valence-electron chi connectivity index (χ2n) is 7.71. The second kappa shape index (κ2) is 9.49. The van der Waals surface area contributed by atoms with Gasteiger partial charge in [-0.2, -0.15) is 0 Å². The van der Waals surface area contributed by atoms with Crippen LogP contribution < -0.4 is 10.9 Å². The van der Waals surface area contributed by atoms with Gasteiger partial charge in [0.05, 0.1) is 18.2 Å². The Bertz CT molecular complexity index is 874. The van der Waals surface area contributed by atoms with Gasteiger partial charge in [-0.3, -0.25) is 4.79 Å². The molecule has 1 aliphatic heterocycles. The third kappa shape index (κ3) is 5.31. The van der Waals surface area contributed by atoms with E-state index in [2.05, 4.69) is 20.1 Å². The van der Waals surface area contributed by atoms with E-state index in [0.717, 1.165) is 54.6 Å². The molecule has 2 N–H and O–H groups in total. The highest BCUT2D eigenvalue weighted by atomic mass is 32.1. The Labute approximate surface area is 171 Å². The average molecular weight is 403 g/mol. The molecule has 1 aromatic carbocycles. The summed E-state index contributed by atoms with van der Waals surface area (Å²) in [6.45, 7) is 5.62. The lowest BCUT2D eigenvalue weighted by molar-refractivity contribution is 0.113. The number of aryl methyl sites for hydroxylation is 1. The molecule has 0 saturated carbocycles. The van der Waals surface area contributed by atoms with E-state index in [1.54, 1.807) is 0 Å². The van der Waals surface area contributed by atoms with Gasteiger partial charge in [-0.05, 0) is 63.1 Å². The number of thiocarbonyl (C=S) groups is 1. The summed E-state index contributed by atoms with van der Waals surface area (Å²) in [5.74, 6) is 0. The van der Waals surface area contributed by atoms with Crippen LogP contribution in [-0.4, -0.2) is 66.3 Å². The van der Waals surface area contributed by atoms with Crippen molar-refractivity contribution in [3.05, 3.63) is 45.7 Å². The number of pyridine rings is 1. The molecule has 1 aromatic heterocycles. The number of para-hydroxylation sites is 1. The van der Waals surface area contributed by atoms with Crippen molar-refractivity contribution in [2.24, 2.45) is 0 Å². The van der Waals surface area contributed by atoms with Crippen molar-refractivity contribution in [1.82, 2.24) is 20.1 Å². The van der Waals surface area contributed by atoms with Crippen LogP contribution in [0.5, 0.6) is 0 Å². The molecule has 0 aliphatic carbocycles. The molecule has 7 heteroatoms. The van der Waals surface area contributed by atoms with Crippen molar-refractivity contribution in [1.29, 1.82) is 0 Å². The van der Waals surface area contributed by atoms with Crippen molar-refractivity contribution in [3.8, 4) is 0 Å². The topological polar surface area (TPSA) is 60.6 Å². The Morgan fingerprint density at radius 3 is 2.89 bits per heavy atom. The van der Waals surface area contributed by atoms with Crippen LogP contribution >= 0.6 is 12.2 Å². The van der Waals surface area contributed by atoms with Gasteiger partial charge in [-0.15, -0.1) is 0 Å². The molecule has 0 amide bonds. The van der Waals surface area contributed by atoms with Crippen LogP contribution in [0.3, 0.4) is 0 Å². The van der Waals surface area contributed by atoms with Crippen molar-refractivity contribution in [3.63, 3.8) is 0 Å². The molecule has 28 heavy (non-hydrogen) atoms. The second-order valence-corrected chi connectivity index (χ2v) is 8.10. The monoisotopic (exact) mass is 402 g/mol. The maximum atomic E-state index is 12.7. The first kappa shape index (κ1) is 20.8. The molecular weight excluding hydrogens is 372 g/mol. The summed E-state index contributed by atoms with van der Waals surface area (Å²) >= 11 is 5.65. The van der Waals surface area contributed by atoms with Crippen molar-refractivity contribution in [2.45, 2.75) is 32.4 Å². The zero-order valence-electron chi connectivity index (χ0n) is 17.0. The maximum Gasteiger partial charge on any atom is 0.253 e. The highest BCUT2D eigenvalue weighted by molar-refractivity contribution is 7.80. The lowest BCUT2D eigenvalue weighted by Crippen LogP contribution is -2.45. The molecule has 2 heterocycles. The van der Waals surface area contributed by atoms with Crippen LogP contribution in [0.2, 0.25) is 0 Å². The van der Waals surface area contributed by atoms with Gasteiger partial charge in [0.1, 0.15) is 0 Å². The van der Waals surface area contributed by atoms with Gasteiger partial charge >= 0.3 is 0 Å². The summed E-state index contributed by atoms with van der Waals surface area (Å²) in [6, 6.07) is 8.02. The summed E-state index contributed by atoms with van der Waals surface area (Å²) in [4.78, 5) is 19.9. The van der Waals surface area contributed by atoms with E-state index >= 15 is 0 Å². The zero-order valence-corrected chi connectivity index (χ0v) is 17.8. The highest BCUT2D eigenvalue weighted by Crippen LogP contribution is 2.16. The number of H-pyrrole nitrogens is 1. The van der Waals surface area contributed by atoms with E-state index in [1.807, 2.05) is 45.3 Å². The van der Waals surface area contributed by atoms with Crippen LogP contribution in [0.1, 0.15) is 24.0 Å². The number of ether oxygens (including phenoxy) is 1. The smallest absolute Gasteiger partial charge is 0.253 e. The first-order valence-corrected chi connectivity index (χ1v) is 10.3. The summed E-state index contributed by atoms with van der Waals surface area (Å²) in [5.41, 5.74) is 2.63. The standard InChI is InChI=1S/C21H30N4O2S/c1-15-6-4-7-16-12-17(20(26)23-19(15)16)14-25(10-9-24(2)3)21(28)22-13-18-8-5-11-27-18/h4,6-7,12,18H,5,8-11,13-14H2,1-3H3,(H,22,28)(H,23,26)/t18-/m0/s1. The number of fused-ring (bicyclic) bond motifs is 1. The molecule has 0 bridgehead atoms. The van der Waals surface area contributed by atoms with E-state index in [1.165, 1.54) is 0 Å². The number of nitrogens with one attached hydrogen (secondary N) is 2. The molecule has 1 fully saturated rings. The molecule has 0 spiro atoms. The number of benzene rings is 1. The van der Waals surface area contributed by atoms with E-state index in [-0.39, 0.29) is 11.7 Å². The lowest BCUT2D eigenvalue weighted by atomic mass is 10.1. The molecule has 0 radical (unpaired) electrons.